The minimum Gasteiger partial charge on any atom is -0.506 e. The van der Waals surface area contributed by atoms with Crippen LogP contribution in [-0.2, 0) is 6.42 Å². The van der Waals surface area contributed by atoms with Gasteiger partial charge in [-0.15, -0.1) is 0 Å². The molecule has 1 aliphatic heterocycles. The molecular formula is C26H22F2N4O3. The Morgan fingerprint density at radius 2 is 1.66 bits per heavy atom. The summed E-state index contributed by atoms with van der Waals surface area (Å²) in [7, 11) is 0. The molecule has 0 aliphatic carbocycles. The zero-order chi connectivity index (χ0) is 24.5. The molecule has 1 saturated heterocycles. The Morgan fingerprint density at radius 3 is 2.40 bits per heavy atom. The predicted molar refractivity (Wildman–Crippen MR) is 128 cm³/mol. The van der Waals surface area contributed by atoms with E-state index < -0.39 is 17.5 Å². The lowest BCUT2D eigenvalue weighted by atomic mass is 10.0. The molecule has 0 atom stereocenters. The van der Waals surface area contributed by atoms with Gasteiger partial charge in [-0.2, -0.15) is 5.10 Å². The van der Waals surface area contributed by atoms with Gasteiger partial charge in [0.25, 0.3) is 11.5 Å². The van der Waals surface area contributed by atoms with E-state index in [2.05, 4.69) is 10.2 Å². The number of fused-ring (bicyclic) bond motifs is 1. The van der Waals surface area contributed by atoms with Gasteiger partial charge in [0.1, 0.15) is 5.75 Å². The molecule has 7 nitrogen and oxygen atoms in total. The average Bonchev–Trinajstić information content (AvgIpc) is 2.88. The van der Waals surface area contributed by atoms with E-state index in [0.29, 0.717) is 53.9 Å². The van der Waals surface area contributed by atoms with Crippen molar-refractivity contribution in [3.8, 4) is 5.75 Å². The highest BCUT2D eigenvalue weighted by molar-refractivity contribution is 5.95. The van der Waals surface area contributed by atoms with Crippen LogP contribution < -0.4 is 10.5 Å². The van der Waals surface area contributed by atoms with Crippen molar-refractivity contribution in [1.29, 1.82) is 0 Å². The first-order chi connectivity index (χ1) is 16.9. The lowest BCUT2D eigenvalue weighted by Gasteiger charge is -2.36. The number of hydrogen-bond acceptors (Lipinski definition) is 5. The minimum absolute atomic E-state index is 0.107. The molecule has 1 fully saturated rings. The van der Waals surface area contributed by atoms with Crippen molar-refractivity contribution in [2.75, 3.05) is 31.1 Å². The maximum absolute atomic E-state index is 14.7. The summed E-state index contributed by atoms with van der Waals surface area (Å²) in [5, 5.41) is 17.6. The normalized spacial score (nSPS) is 13.9. The summed E-state index contributed by atoms with van der Waals surface area (Å²) < 4.78 is 29.2. The zero-order valence-corrected chi connectivity index (χ0v) is 18.7. The first-order valence-electron chi connectivity index (χ1n) is 11.2. The smallest absolute Gasteiger partial charge is 0.272 e. The average molecular weight is 476 g/mol. The quantitative estimate of drug-likeness (QED) is 0.471. The lowest BCUT2D eigenvalue weighted by Crippen LogP contribution is -2.49. The summed E-state index contributed by atoms with van der Waals surface area (Å²) in [4.78, 5) is 28.6. The molecule has 35 heavy (non-hydrogen) atoms. The van der Waals surface area contributed by atoms with Gasteiger partial charge in [-0.1, -0.05) is 30.3 Å². The number of benzene rings is 3. The first-order valence-corrected chi connectivity index (χ1v) is 11.2. The molecule has 178 valence electrons. The van der Waals surface area contributed by atoms with E-state index in [0.717, 1.165) is 6.07 Å². The molecule has 0 unspecified atom stereocenters. The number of amides is 1. The number of carbonyl (C=O) groups is 1. The largest absolute Gasteiger partial charge is 0.506 e. The van der Waals surface area contributed by atoms with E-state index >= 15 is 0 Å². The van der Waals surface area contributed by atoms with Crippen LogP contribution in [0.2, 0.25) is 0 Å². The second-order valence-electron chi connectivity index (χ2n) is 8.43. The second kappa shape index (κ2) is 9.17. The van der Waals surface area contributed by atoms with Crippen molar-refractivity contribution in [3.05, 3.63) is 99.5 Å². The van der Waals surface area contributed by atoms with Crippen LogP contribution in [0.25, 0.3) is 10.8 Å². The van der Waals surface area contributed by atoms with Crippen LogP contribution in [0.3, 0.4) is 0 Å². The maximum Gasteiger partial charge on any atom is 0.272 e. The topological polar surface area (TPSA) is 89.5 Å². The van der Waals surface area contributed by atoms with E-state index in [1.807, 2.05) is 11.0 Å². The number of aromatic hydroxyl groups is 1. The number of H-pyrrole nitrogens is 1. The third-order valence-electron chi connectivity index (χ3n) is 6.25. The highest BCUT2D eigenvalue weighted by Crippen LogP contribution is 2.28. The number of nitrogens with one attached hydrogen (secondary N) is 1. The molecule has 0 saturated carbocycles. The number of aromatic nitrogens is 2. The van der Waals surface area contributed by atoms with Crippen molar-refractivity contribution < 1.29 is 18.7 Å². The fourth-order valence-corrected chi connectivity index (χ4v) is 4.45. The standard InChI is InChI=1S/C26H22F2N4O3/c27-20-14-16(15-21-17-5-1-2-6-18(17)25(34)30-29-21)13-19(24(20)28)26(35)32-11-9-31(10-12-32)22-7-3-4-8-23(22)33/h1-8,13-14,33H,9-12,15H2,(H,30,34). The molecule has 9 heteroatoms. The number of nitrogens with zero attached hydrogens (tertiary/aromatic N) is 3. The molecule has 1 aromatic heterocycles. The minimum atomic E-state index is -1.19. The number of halogens is 2. The molecule has 4 aromatic rings. The van der Waals surface area contributed by atoms with Crippen LogP contribution in [0.4, 0.5) is 14.5 Å². The van der Waals surface area contributed by atoms with Crippen LogP contribution >= 0.6 is 0 Å². The van der Waals surface area contributed by atoms with Crippen LogP contribution in [0.5, 0.6) is 5.75 Å². The van der Waals surface area contributed by atoms with Crippen LogP contribution in [0.15, 0.2) is 65.5 Å². The van der Waals surface area contributed by atoms with Gasteiger partial charge in [0.05, 0.1) is 22.3 Å². The van der Waals surface area contributed by atoms with Gasteiger partial charge in [0.15, 0.2) is 11.6 Å². The summed E-state index contributed by atoms with van der Waals surface area (Å²) in [5.41, 5.74) is 0.836. The number of para-hydroxylation sites is 2. The Hall–Kier alpha value is -4.27. The number of hydrogen-bond donors (Lipinski definition) is 2. The van der Waals surface area contributed by atoms with Gasteiger partial charge >= 0.3 is 0 Å². The summed E-state index contributed by atoms with van der Waals surface area (Å²) in [5.74, 6) is -2.76. The number of rotatable bonds is 4. The van der Waals surface area contributed by atoms with Crippen molar-refractivity contribution in [2.24, 2.45) is 0 Å². The number of carbonyl (C=O) groups excluding carboxylic acids is 1. The number of phenols is 1. The van der Waals surface area contributed by atoms with Crippen LogP contribution in [-0.4, -0.2) is 52.3 Å². The number of piperazine rings is 1. The molecule has 0 spiro atoms. The molecule has 0 radical (unpaired) electrons. The van der Waals surface area contributed by atoms with Gasteiger partial charge in [-0.25, -0.2) is 13.9 Å². The van der Waals surface area contributed by atoms with E-state index in [9.17, 15) is 23.5 Å². The highest BCUT2D eigenvalue weighted by atomic mass is 19.2. The molecule has 1 aliphatic rings. The van der Waals surface area contributed by atoms with Gasteiger partial charge in [0.2, 0.25) is 0 Å². The van der Waals surface area contributed by atoms with Crippen molar-refractivity contribution in [3.63, 3.8) is 0 Å². The Labute approximate surface area is 199 Å². The van der Waals surface area contributed by atoms with Crippen molar-refractivity contribution in [1.82, 2.24) is 15.1 Å². The summed E-state index contributed by atoms with van der Waals surface area (Å²) in [6, 6.07) is 16.2. The Morgan fingerprint density at radius 1 is 0.971 bits per heavy atom. The fraction of sp³-hybridized carbons (Fsp3) is 0.192. The zero-order valence-electron chi connectivity index (χ0n) is 18.7. The van der Waals surface area contributed by atoms with Gasteiger partial charge in [0, 0.05) is 38.0 Å². The molecule has 2 heterocycles. The highest BCUT2D eigenvalue weighted by Gasteiger charge is 2.27. The molecule has 1 amide bonds. The van der Waals surface area contributed by atoms with E-state index in [1.54, 1.807) is 42.5 Å². The lowest BCUT2D eigenvalue weighted by molar-refractivity contribution is 0.0740. The second-order valence-corrected chi connectivity index (χ2v) is 8.43. The summed E-state index contributed by atoms with van der Waals surface area (Å²) in [6.45, 7) is 1.48. The predicted octanol–water partition coefficient (Wildman–Crippen LogP) is 3.46. The van der Waals surface area contributed by atoms with E-state index in [-0.39, 0.29) is 23.3 Å². The van der Waals surface area contributed by atoms with E-state index in [4.69, 9.17) is 0 Å². The molecule has 0 bridgehead atoms. The first kappa shape index (κ1) is 22.5. The number of aromatic amines is 1. The SMILES string of the molecule is O=C(c1cc(Cc2n[nH]c(=O)c3ccccc23)cc(F)c1F)N1CCN(c2ccccc2O)CC1. The number of anilines is 1. The van der Waals surface area contributed by atoms with Gasteiger partial charge < -0.3 is 14.9 Å². The van der Waals surface area contributed by atoms with Crippen LogP contribution in [0.1, 0.15) is 21.6 Å². The van der Waals surface area contributed by atoms with Crippen LogP contribution in [0, 0.1) is 11.6 Å². The van der Waals surface area contributed by atoms with E-state index in [1.165, 1.54) is 11.0 Å². The third kappa shape index (κ3) is 4.32. The fourth-order valence-electron chi connectivity index (χ4n) is 4.45. The third-order valence-corrected chi connectivity index (χ3v) is 6.25. The molecule has 3 aromatic carbocycles. The summed E-state index contributed by atoms with van der Waals surface area (Å²) >= 11 is 0. The maximum atomic E-state index is 14.7. The Bertz CT molecular complexity index is 1480. The van der Waals surface area contributed by atoms with Gasteiger partial charge in [-0.3, -0.25) is 9.59 Å². The monoisotopic (exact) mass is 476 g/mol. The Kier molecular flexibility index (Phi) is 5.90. The molecular weight excluding hydrogens is 454 g/mol. The van der Waals surface area contributed by atoms with Crippen molar-refractivity contribution in [2.45, 2.75) is 6.42 Å². The van der Waals surface area contributed by atoms with Crippen molar-refractivity contribution >= 4 is 22.4 Å². The Balaban J connectivity index is 1.38. The molecule has 5 rings (SSSR count). The number of phenolic OH excluding ortho intramolecular Hbond substituents is 1. The van der Waals surface area contributed by atoms with Gasteiger partial charge in [-0.05, 0) is 35.9 Å². The summed E-state index contributed by atoms with van der Waals surface area (Å²) in [6.07, 6.45) is 0.107. The molecule has 2 N–H and O–H groups in total.